The van der Waals surface area contributed by atoms with E-state index in [-0.39, 0.29) is 6.61 Å². The van der Waals surface area contributed by atoms with Gasteiger partial charge in [0.25, 0.3) is 0 Å². The third-order valence-electron chi connectivity index (χ3n) is 6.46. The van der Waals surface area contributed by atoms with Crippen LogP contribution in [-0.2, 0) is 13.8 Å². The van der Waals surface area contributed by atoms with E-state index in [0.717, 1.165) is 25.0 Å². The van der Waals surface area contributed by atoms with Crippen LogP contribution in [0.15, 0.2) is 30.3 Å². The molecule has 0 aromatic heterocycles. The van der Waals surface area contributed by atoms with Gasteiger partial charge in [-0.1, -0.05) is 134 Å². The molecule has 6 nitrogen and oxygen atoms in total. The monoisotopic (exact) mass is 528 g/mol. The first-order valence-electron chi connectivity index (χ1n) is 14.5. The zero-order chi connectivity index (χ0) is 26.2. The van der Waals surface area contributed by atoms with Gasteiger partial charge in [0.2, 0.25) is 0 Å². The Bertz CT molecular complexity index is 636. The minimum atomic E-state index is -4.53. The van der Waals surface area contributed by atoms with Gasteiger partial charge in [0.15, 0.2) is 0 Å². The number of hydrogen-bond acceptors (Lipinski definition) is 4. The summed E-state index contributed by atoms with van der Waals surface area (Å²) in [5.41, 5.74) is 0. The van der Waals surface area contributed by atoms with Gasteiger partial charge in [0.05, 0.1) is 19.3 Å². The Labute approximate surface area is 220 Å². The average Bonchev–Trinajstić information content (AvgIpc) is 2.85. The summed E-state index contributed by atoms with van der Waals surface area (Å²) in [6.45, 7) is 3.15. The topological polar surface area (TPSA) is 85.2 Å². The molecule has 0 saturated heterocycles. The SMILES string of the molecule is CCCCCCCCCCCCCCCCCCCC(COCCOc1ccccc1)OP(=O)(O)O. The van der Waals surface area contributed by atoms with Gasteiger partial charge < -0.3 is 19.3 Å². The third kappa shape index (κ3) is 22.3. The molecule has 0 heterocycles. The van der Waals surface area contributed by atoms with Crippen LogP contribution < -0.4 is 4.74 Å². The molecule has 1 aromatic carbocycles. The van der Waals surface area contributed by atoms with Crippen molar-refractivity contribution in [2.24, 2.45) is 0 Å². The van der Waals surface area contributed by atoms with E-state index in [0.29, 0.717) is 19.6 Å². The Hall–Kier alpha value is -0.910. The molecule has 0 bridgehead atoms. The van der Waals surface area contributed by atoms with Crippen LogP contribution in [0.4, 0.5) is 0 Å². The van der Waals surface area contributed by atoms with Crippen LogP contribution in [0.2, 0.25) is 0 Å². The number of benzene rings is 1. The molecule has 1 unspecified atom stereocenters. The normalized spacial score (nSPS) is 12.6. The maximum Gasteiger partial charge on any atom is 0.469 e. The van der Waals surface area contributed by atoms with Crippen LogP contribution in [0.3, 0.4) is 0 Å². The molecule has 1 aromatic rings. The van der Waals surface area contributed by atoms with Crippen molar-refractivity contribution in [3.8, 4) is 5.75 Å². The predicted octanol–water partition coefficient (Wildman–Crippen LogP) is 8.60. The van der Waals surface area contributed by atoms with Gasteiger partial charge in [-0.2, -0.15) is 0 Å². The number of ether oxygens (including phenoxy) is 2. The van der Waals surface area contributed by atoms with E-state index >= 15 is 0 Å². The smallest absolute Gasteiger partial charge is 0.469 e. The Balaban J connectivity index is 1.95. The van der Waals surface area contributed by atoms with Crippen LogP contribution in [0.5, 0.6) is 5.75 Å². The van der Waals surface area contributed by atoms with E-state index < -0.39 is 13.9 Å². The van der Waals surface area contributed by atoms with Gasteiger partial charge in [0.1, 0.15) is 12.4 Å². The highest BCUT2D eigenvalue weighted by Crippen LogP contribution is 2.38. The molecule has 2 N–H and O–H groups in total. The Morgan fingerprint density at radius 3 is 1.64 bits per heavy atom. The molecule has 0 radical (unpaired) electrons. The first-order chi connectivity index (χ1) is 17.5. The highest BCUT2D eigenvalue weighted by molar-refractivity contribution is 7.46. The average molecular weight is 529 g/mol. The molecule has 7 heteroatoms. The van der Waals surface area contributed by atoms with Crippen molar-refractivity contribution in [2.45, 2.75) is 129 Å². The summed E-state index contributed by atoms with van der Waals surface area (Å²) in [7, 11) is -4.53. The van der Waals surface area contributed by atoms with E-state index in [2.05, 4.69) is 6.92 Å². The Morgan fingerprint density at radius 2 is 1.17 bits per heavy atom. The van der Waals surface area contributed by atoms with Gasteiger partial charge in [0, 0.05) is 0 Å². The summed E-state index contributed by atoms with van der Waals surface area (Å²) in [4.78, 5) is 18.4. The van der Waals surface area contributed by atoms with E-state index in [4.69, 9.17) is 14.0 Å². The summed E-state index contributed by atoms with van der Waals surface area (Å²) in [6.07, 6.45) is 22.2. The molecule has 210 valence electrons. The molecule has 1 rings (SSSR count). The van der Waals surface area contributed by atoms with Crippen LogP contribution >= 0.6 is 7.82 Å². The molecule has 0 aliphatic rings. The lowest BCUT2D eigenvalue weighted by atomic mass is 10.0. The maximum atomic E-state index is 11.3. The zero-order valence-electron chi connectivity index (χ0n) is 22.8. The van der Waals surface area contributed by atoms with Crippen molar-refractivity contribution in [3.63, 3.8) is 0 Å². The second-order valence-electron chi connectivity index (χ2n) is 9.90. The maximum absolute atomic E-state index is 11.3. The molecule has 0 saturated carbocycles. The van der Waals surface area contributed by atoms with Crippen LogP contribution in [0.1, 0.15) is 122 Å². The molecule has 0 aliphatic carbocycles. The number of phosphoric ester groups is 1. The highest BCUT2D eigenvalue weighted by atomic mass is 31.2. The van der Waals surface area contributed by atoms with Gasteiger partial charge in [-0.3, -0.25) is 4.52 Å². The van der Waals surface area contributed by atoms with Crippen LogP contribution in [-0.4, -0.2) is 35.7 Å². The zero-order valence-corrected chi connectivity index (χ0v) is 23.7. The fraction of sp³-hybridized carbons (Fsp3) is 0.793. The van der Waals surface area contributed by atoms with E-state index in [9.17, 15) is 14.4 Å². The molecule has 36 heavy (non-hydrogen) atoms. The lowest BCUT2D eigenvalue weighted by Gasteiger charge is -2.18. The minimum Gasteiger partial charge on any atom is -0.491 e. The second-order valence-corrected chi connectivity index (χ2v) is 11.1. The summed E-state index contributed by atoms with van der Waals surface area (Å²) >= 11 is 0. The second kappa shape index (κ2) is 23.2. The number of para-hydroxylation sites is 1. The van der Waals surface area contributed by atoms with Gasteiger partial charge in [-0.05, 0) is 18.6 Å². The fourth-order valence-corrected chi connectivity index (χ4v) is 4.96. The van der Waals surface area contributed by atoms with Crippen molar-refractivity contribution in [1.29, 1.82) is 0 Å². The summed E-state index contributed by atoms with van der Waals surface area (Å²) < 4.78 is 27.3. The summed E-state index contributed by atoms with van der Waals surface area (Å²) in [6, 6.07) is 9.47. The quantitative estimate of drug-likeness (QED) is 0.0925. The predicted molar refractivity (Wildman–Crippen MR) is 148 cm³/mol. The minimum absolute atomic E-state index is 0.155. The standard InChI is InChI=1S/C29H53O6P/c1-2-3-4-5-6-7-8-9-10-11-12-13-14-15-16-17-19-24-29(35-36(30,31)32)27-33-25-26-34-28-22-20-18-21-23-28/h18,20-23,29H,2-17,19,24-27H2,1H3,(H2,30,31,32). The van der Waals surface area contributed by atoms with E-state index in [1.807, 2.05) is 30.3 Å². The van der Waals surface area contributed by atoms with Crippen molar-refractivity contribution in [3.05, 3.63) is 30.3 Å². The number of phosphoric acid groups is 1. The highest BCUT2D eigenvalue weighted by Gasteiger charge is 2.22. The molecular formula is C29H53O6P. The van der Waals surface area contributed by atoms with Crippen LogP contribution in [0.25, 0.3) is 0 Å². The summed E-state index contributed by atoms with van der Waals surface area (Å²) in [5.74, 6) is 0.771. The first-order valence-corrected chi connectivity index (χ1v) is 16.0. The van der Waals surface area contributed by atoms with E-state index in [1.54, 1.807) is 0 Å². The Kier molecular flexibility index (Phi) is 21.4. The lowest BCUT2D eigenvalue weighted by Crippen LogP contribution is -2.21. The molecule has 1 atom stereocenters. The van der Waals surface area contributed by atoms with Crippen molar-refractivity contribution in [2.75, 3.05) is 19.8 Å². The molecule has 0 aliphatic heterocycles. The van der Waals surface area contributed by atoms with Gasteiger partial charge in [-0.15, -0.1) is 0 Å². The number of unbranched alkanes of at least 4 members (excludes halogenated alkanes) is 16. The summed E-state index contributed by atoms with van der Waals surface area (Å²) in [5, 5.41) is 0. The van der Waals surface area contributed by atoms with Crippen molar-refractivity contribution >= 4 is 7.82 Å². The fourth-order valence-electron chi connectivity index (χ4n) is 4.41. The van der Waals surface area contributed by atoms with Crippen molar-refractivity contribution in [1.82, 2.24) is 0 Å². The molecule has 0 spiro atoms. The van der Waals surface area contributed by atoms with Gasteiger partial charge in [-0.25, -0.2) is 4.57 Å². The molecule has 0 amide bonds. The third-order valence-corrected chi connectivity index (χ3v) is 7.03. The molecule has 0 fully saturated rings. The molecular weight excluding hydrogens is 475 g/mol. The Morgan fingerprint density at radius 1 is 0.694 bits per heavy atom. The first kappa shape index (κ1) is 33.1. The van der Waals surface area contributed by atoms with Crippen LogP contribution in [0, 0.1) is 0 Å². The number of hydrogen-bond donors (Lipinski definition) is 2. The van der Waals surface area contributed by atoms with Gasteiger partial charge >= 0.3 is 7.82 Å². The van der Waals surface area contributed by atoms with Crippen molar-refractivity contribution < 1.29 is 28.3 Å². The largest absolute Gasteiger partial charge is 0.491 e. The van der Waals surface area contributed by atoms with E-state index in [1.165, 1.54) is 89.9 Å². The lowest BCUT2D eigenvalue weighted by molar-refractivity contribution is 0.0182. The number of rotatable bonds is 26.